The monoisotopic (exact) mass is 268 g/mol. The molecule has 2 unspecified atom stereocenters. The number of hydrogen-bond acceptors (Lipinski definition) is 3. The minimum absolute atomic E-state index is 0.253. The number of likely N-dealkylation sites (tertiary alicyclic amines) is 1. The van der Waals surface area contributed by atoms with Gasteiger partial charge < -0.3 is 10.1 Å². The molecule has 3 heterocycles. The number of hydrogen-bond donors (Lipinski definition) is 1. The Morgan fingerprint density at radius 2 is 2.35 bits per heavy atom. The summed E-state index contributed by atoms with van der Waals surface area (Å²) in [5, 5.41) is 9.42. The van der Waals surface area contributed by atoms with E-state index in [1.165, 1.54) is 0 Å². The summed E-state index contributed by atoms with van der Waals surface area (Å²) in [5.74, 6) is 0.581. The Hall–Kier alpha value is -1.83. The Labute approximate surface area is 119 Å². The van der Waals surface area contributed by atoms with E-state index < -0.39 is 0 Å². The van der Waals surface area contributed by atoms with Crippen LogP contribution in [0.4, 0.5) is 0 Å². The predicted molar refractivity (Wildman–Crippen MR) is 79.1 cm³/mol. The van der Waals surface area contributed by atoms with E-state index in [9.17, 15) is 5.26 Å². The van der Waals surface area contributed by atoms with Crippen LogP contribution in [0.5, 0.6) is 0 Å². The molecule has 0 saturated carbocycles. The summed E-state index contributed by atoms with van der Waals surface area (Å²) >= 11 is 0. The molecule has 0 amide bonds. The maximum atomic E-state index is 9.42. The second kappa shape index (κ2) is 5.28. The fourth-order valence-corrected chi connectivity index (χ4v) is 3.10. The quantitative estimate of drug-likeness (QED) is 0.926. The van der Waals surface area contributed by atoms with E-state index in [4.69, 9.17) is 5.73 Å². The Bertz CT molecular complexity index is 650. The molecule has 0 bridgehead atoms. The van der Waals surface area contributed by atoms with Gasteiger partial charge >= 0.3 is 0 Å². The summed E-state index contributed by atoms with van der Waals surface area (Å²) in [7, 11) is 0. The topological polar surface area (TPSA) is 57.5 Å². The average Bonchev–Trinajstić information content (AvgIpc) is 3.02. The minimum Gasteiger partial charge on any atom is -0.328 e. The highest BCUT2D eigenvalue weighted by Gasteiger charge is 2.26. The maximum Gasteiger partial charge on any atom is 0.102 e. The molecule has 1 aliphatic heterocycles. The van der Waals surface area contributed by atoms with Gasteiger partial charge in [0.15, 0.2) is 0 Å². The molecular formula is C16H20N4. The van der Waals surface area contributed by atoms with Crippen molar-refractivity contribution in [1.29, 1.82) is 5.26 Å². The van der Waals surface area contributed by atoms with E-state index >= 15 is 0 Å². The van der Waals surface area contributed by atoms with Gasteiger partial charge in [-0.05, 0) is 37.9 Å². The summed E-state index contributed by atoms with van der Waals surface area (Å²) in [6.07, 6.45) is 5.23. The van der Waals surface area contributed by atoms with Gasteiger partial charge in [0, 0.05) is 37.1 Å². The number of nitrogens with zero attached hydrogens (tertiary/aromatic N) is 3. The van der Waals surface area contributed by atoms with Crippen LogP contribution in [0, 0.1) is 17.2 Å². The lowest BCUT2D eigenvalue weighted by Crippen LogP contribution is -2.29. The zero-order valence-electron chi connectivity index (χ0n) is 11.8. The molecule has 0 radical (unpaired) electrons. The summed E-state index contributed by atoms with van der Waals surface area (Å²) in [6.45, 7) is 5.04. The summed E-state index contributed by atoms with van der Waals surface area (Å²) in [6, 6.07) is 8.56. The molecular weight excluding hydrogens is 248 g/mol. The molecule has 1 fully saturated rings. The van der Waals surface area contributed by atoms with Crippen molar-refractivity contribution in [3.63, 3.8) is 0 Å². The van der Waals surface area contributed by atoms with Gasteiger partial charge in [-0.25, -0.2) is 0 Å². The Morgan fingerprint density at radius 1 is 1.50 bits per heavy atom. The molecule has 1 aliphatic rings. The summed E-state index contributed by atoms with van der Waals surface area (Å²) in [4.78, 5) is 2.41. The van der Waals surface area contributed by atoms with Crippen LogP contribution in [0.3, 0.4) is 0 Å². The molecule has 2 aromatic heterocycles. The number of fused-ring (bicyclic) bond motifs is 1. The predicted octanol–water partition coefficient (Wildman–Crippen LogP) is 1.98. The van der Waals surface area contributed by atoms with Crippen molar-refractivity contribution in [3.8, 4) is 6.07 Å². The van der Waals surface area contributed by atoms with Gasteiger partial charge in [-0.2, -0.15) is 5.26 Å². The molecule has 4 heteroatoms. The Balaban J connectivity index is 1.83. The van der Waals surface area contributed by atoms with Crippen LogP contribution < -0.4 is 5.73 Å². The highest BCUT2D eigenvalue weighted by molar-refractivity contribution is 5.65. The average molecular weight is 268 g/mol. The molecule has 2 atom stereocenters. The first-order valence-electron chi connectivity index (χ1n) is 7.15. The van der Waals surface area contributed by atoms with Crippen LogP contribution in [-0.2, 0) is 6.54 Å². The molecule has 1 saturated heterocycles. The van der Waals surface area contributed by atoms with Gasteiger partial charge in [-0.15, -0.1) is 0 Å². The van der Waals surface area contributed by atoms with E-state index in [0.29, 0.717) is 5.92 Å². The van der Waals surface area contributed by atoms with Crippen LogP contribution in [0.15, 0.2) is 30.6 Å². The fourth-order valence-electron chi connectivity index (χ4n) is 3.10. The zero-order chi connectivity index (χ0) is 14.1. The third kappa shape index (κ3) is 2.31. The third-order valence-corrected chi connectivity index (χ3v) is 4.32. The van der Waals surface area contributed by atoms with Crippen molar-refractivity contribution in [2.24, 2.45) is 11.7 Å². The minimum atomic E-state index is 0.253. The van der Waals surface area contributed by atoms with Crippen LogP contribution in [0.2, 0.25) is 0 Å². The molecule has 104 valence electrons. The van der Waals surface area contributed by atoms with Crippen molar-refractivity contribution in [1.82, 2.24) is 9.30 Å². The Kier molecular flexibility index (Phi) is 3.47. The first-order valence-corrected chi connectivity index (χ1v) is 7.15. The van der Waals surface area contributed by atoms with E-state index in [-0.39, 0.29) is 6.04 Å². The third-order valence-electron chi connectivity index (χ3n) is 4.32. The first kappa shape index (κ1) is 13.2. The molecule has 3 rings (SSSR count). The largest absolute Gasteiger partial charge is 0.328 e. The van der Waals surface area contributed by atoms with Crippen LogP contribution in [0.25, 0.3) is 5.52 Å². The smallest absolute Gasteiger partial charge is 0.102 e. The molecule has 0 aromatic carbocycles. The molecule has 0 spiro atoms. The second-order valence-electron chi connectivity index (χ2n) is 5.78. The van der Waals surface area contributed by atoms with Crippen LogP contribution >= 0.6 is 0 Å². The van der Waals surface area contributed by atoms with Gasteiger partial charge in [0.2, 0.25) is 0 Å². The van der Waals surface area contributed by atoms with Gasteiger partial charge in [0.1, 0.15) is 6.07 Å². The van der Waals surface area contributed by atoms with Crippen LogP contribution in [0.1, 0.15) is 24.5 Å². The first-order chi connectivity index (χ1) is 9.69. The number of rotatable bonds is 3. The fraction of sp³-hybridized carbons (Fsp3) is 0.438. The molecule has 2 aromatic rings. The van der Waals surface area contributed by atoms with Gasteiger partial charge in [-0.3, -0.25) is 4.90 Å². The number of nitrogens with two attached hydrogens (primary N) is 1. The van der Waals surface area contributed by atoms with E-state index in [2.05, 4.69) is 24.1 Å². The van der Waals surface area contributed by atoms with Gasteiger partial charge in [0.05, 0.1) is 11.1 Å². The summed E-state index contributed by atoms with van der Waals surface area (Å²) < 4.78 is 2.03. The lowest BCUT2D eigenvalue weighted by atomic mass is 10.0. The highest BCUT2D eigenvalue weighted by Crippen LogP contribution is 2.24. The van der Waals surface area contributed by atoms with Gasteiger partial charge in [0.25, 0.3) is 0 Å². The lowest BCUT2D eigenvalue weighted by molar-refractivity contribution is 0.308. The van der Waals surface area contributed by atoms with Gasteiger partial charge in [-0.1, -0.05) is 6.07 Å². The Morgan fingerprint density at radius 3 is 3.05 bits per heavy atom. The number of nitriles is 1. The number of pyridine rings is 1. The van der Waals surface area contributed by atoms with E-state index in [1.54, 1.807) is 0 Å². The molecule has 2 N–H and O–H groups in total. The van der Waals surface area contributed by atoms with Crippen molar-refractivity contribution in [3.05, 3.63) is 41.7 Å². The lowest BCUT2D eigenvalue weighted by Gasteiger charge is -2.17. The van der Waals surface area contributed by atoms with Crippen molar-refractivity contribution >= 4 is 5.52 Å². The van der Waals surface area contributed by atoms with Crippen molar-refractivity contribution < 1.29 is 0 Å². The maximum absolute atomic E-state index is 9.42. The number of aromatic nitrogens is 1. The SMILES string of the molecule is CC(N)C1CCN(Cc2cn3ccccc3c2C#N)C1. The molecule has 0 aliphatic carbocycles. The zero-order valence-corrected chi connectivity index (χ0v) is 11.8. The normalized spacial score (nSPS) is 21.1. The standard InChI is InChI=1S/C16H20N4/c1-12(18)13-5-7-19(9-13)10-14-11-20-6-3-2-4-16(20)15(14)8-17/h2-4,6,11-13H,5,7,9-10,18H2,1H3. The van der Waals surface area contributed by atoms with Crippen molar-refractivity contribution in [2.75, 3.05) is 13.1 Å². The van der Waals surface area contributed by atoms with E-state index in [0.717, 1.165) is 42.7 Å². The molecule has 20 heavy (non-hydrogen) atoms. The molecule has 4 nitrogen and oxygen atoms in total. The highest BCUT2D eigenvalue weighted by atomic mass is 15.1. The second-order valence-corrected chi connectivity index (χ2v) is 5.78. The van der Waals surface area contributed by atoms with Crippen molar-refractivity contribution in [2.45, 2.75) is 25.9 Å². The van der Waals surface area contributed by atoms with E-state index in [1.807, 2.05) is 28.8 Å². The summed E-state index contributed by atoms with van der Waals surface area (Å²) in [5.41, 5.74) is 8.90. The van der Waals surface area contributed by atoms with Crippen LogP contribution in [-0.4, -0.2) is 28.4 Å².